The van der Waals surface area contributed by atoms with Gasteiger partial charge in [0.25, 0.3) is 0 Å². The van der Waals surface area contributed by atoms with Crippen molar-refractivity contribution in [1.29, 1.82) is 0 Å². The Morgan fingerprint density at radius 2 is 1.91 bits per heavy atom. The molecule has 3 heteroatoms. The first kappa shape index (κ1) is 15.5. The van der Waals surface area contributed by atoms with Crippen molar-refractivity contribution >= 4 is 12.1 Å². The lowest BCUT2D eigenvalue weighted by atomic mass is 9.87. The van der Waals surface area contributed by atoms with Crippen LogP contribution in [0.1, 0.15) is 40.7 Å². The van der Waals surface area contributed by atoms with E-state index in [1.807, 2.05) is 31.2 Å². The number of carbonyl (C=O) groups is 1. The monoisotopic (exact) mass is 306 g/mol. The van der Waals surface area contributed by atoms with Crippen LogP contribution < -0.4 is 5.43 Å². The number of rotatable bonds is 4. The molecule has 1 aliphatic rings. The molecular weight excluding hydrogens is 284 g/mol. The van der Waals surface area contributed by atoms with Crippen LogP contribution in [0.25, 0.3) is 0 Å². The summed E-state index contributed by atoms with van der Waals surface area (Å²) in [5.74, 6) is -0.0627. The second-order valence-corrected chi connectivity index (χ2v) is 6.14. The Balaban J connectivity index is 1.60. The average molecular weight is 306 g/mol. The molecule has 118 valence electrons. The fraction of sp³-hybridized carbons (Fsp3) is 0.300. The zero-order valence-electron chi connectivity index (χ0n) is 13.5. The lowest BCUT2D eigenvalue weighted by molar-refractivity contribution is -0.120. The van der Waals surface area contributed by atoms with Crippen LogP contribution in [0.4, 0.5) is 0 Å². The molecule has 23 heavy (non-hydrogen) atoms. The Hall–Kier alpha value is -2.42. The van der Waals surface area contributed by atoms with Gasteiger partial charge in [0.05, 0.1) is 12.6 Å². The first-order valence-electron chi connectivity index (χ1n) is 8.20. The third-order valence-corrected chi connectivity index (χ3v) is 4.32. The van der Waals surface area contributed by atoms with Gasteiger partial charge in [0.2, 0.25) is 5.91 Å². The van der Waals surface area contributed by atoms with Crippen LogP contribution >= 0.6 is 0 Å². The lowest BCUT2D eigenvalue weighted by Crippen LogP contribution is -2.21. The maximum atomic E-state index is 12.1. The van der Waals surface area contributed by atoms with E-state index >= 15 is 0 Å². The summed E-state index contributed by atoms with van der Waals surface area (Å²) in [7, 11) is 0. The van der Waals surface area contributed by atoms with E-state index in [2.05, 4.69) is 28.7 Å². The highest BCUT2D eigenvalue weighted by molar-refractivity contribution is 5.83. The summed E-state index contributed by atoms with van der Waals surface area (Å²) in [5.41, 5.74) is 8.74. The summed E-state index contributed by atoms with van der Waals surface area (Å²) in [6.45, 7) is 2.04. The minimum atomic E-state index is -0.0627. The molecule has 0 radical (unpaired) electrons. The van der Waals surface area contributed by atoms with Crippen LogP contribution in [0, 0.1) is 6.92 Å². The van der Waals surface area contributed by atoms with Crippen LogP contribution in [0.3, 0.4) is 0 Å². The maximum Gasteiger partial charge on any atom is 0.244 e. The molecule has 0 saturated carbocycles. The molecule has 0 unspecified atom stereocenters. The molecule has 0 aromatic heterocycles. The highest BCUT2D eigenvalue weighted by Gasteiger charge is 2.14. The van der Waals surface area contributed by atoms with Crippen molar-refractivity contribution in [2.24, 2.45) is 5.10 Å². The number of aryl methyl sites for hydroxylation is 2. The Bertz CT molecular complexity index is 717. The number of nitrogens with zero attached hydrogens (tertiary/aromatic N) is 1. The highest BCUT2D eigenvalue weighted by atomic mass is 16.2. The van der Waals surface area contributed by atoms with Crippen molar-refractivity contribution in [3.63, 3.8) is 0 Å². The molecule has 1 N–H and O–H groups in total. The Kier molecular flexibility index (Phi) is 4.86. The van der Waals surface area contributed by atoms with Crippen molar-refractivity contribution in [1.82, 2.24) is 5.43 Å². The largest absolute Gasteiger partial charge is 0.273 e. The Labute approximate surface area is 137 Å². The van der Waals surface area contributed by atoms with Gasteiger partial charge in [-0.2, -0.15) is 5.10 Å². The number of carbonyl (C=O) groups excluding carboxylic acids is 1. The molecule has 3 nitrogen and oxygen atoms in total. The van der Waals surface area contributed by atoms with E-state index in [4.69, 9.17) is 0 Å². The maximum absolute atomic E-state index is 12.1. The van der Waals surface area contributed by atoms with E-state index in [-0.39, 0.29) is 5.91 Å². The van der Waals surface area contributed by atoms with Crippen molar-refractivity contribution in [3.8, 4) is 0 Å². The molecule has 1 amide bonds. The highest BCUT2D eigenvalue weighted by Crippen LogP contribution is 2.24. The molecule has 0 aliphatic heterocycles. The molecule has 0 atom stereocenters. The quantitative estimate of drug-likeness (QED) is 0.681. The van der Waals surface area contributed by atoms with Crippen LogP contribution in [0.5, 0.6) is 0 Å². The van der Waals surface area contributed by atoms with Crippen molar-refractivity contribution < 1.29 is 4.79 Å². The van der Waals surface area contributed by atoms with Gasteiger partial charge in [0.15, 0.2) is 0 Å². The zero-order valence-corrected chi connectivity index (χ0v) is 13.5. The Morgan fingerprint density at radius 3 is 2.74 bits per heavy atom. The van der Waals surface area contributed by atoms with Crippen LogP contribution in [-0.4, -0.2) is 12.1 Å². The van der Waals surface area contributed by atoms with Crippen molar-refractivity contribution in [2.45, 2.75) is 39.0 Å². The molecule has 0 spiro atoms. The zero-order chi connectivity index (χ0) is 16.1. The van der Waals surface area contributed by atoms with Gasteiger partial charge in [-0.15, -0.1) is 0 Å². The first-order valence-corrected chi connectivity index (χ1v) is 8.20. The number of hydrogen-bond donors (Lipinski definition) is 1. The SMILES string of the molecule is Cc1ccc(/C=N\NC(=O)Cc2cccc3c2CCCC3)cc1. The molecule has 3 rings (SSSR count). The number of amides is 1. The standard InChI is InChI=1S/C20H22N2O/c1-15-9-11-16(12-10-15)14-21-22-20(23)13-18-7-4-6-17-5-2-3-8-19(17)18/h4,6-7,9-12,14H,2-3,5,8,13H2,1H3,(H,22,23)/b21-14-. The first-order chi connectivity index (χ1) is 11.2. The number of nitrogens with one attached hydrogen (secondary N) is 1. The van der Waals surface area contributed by atoms with E-state index in [0.29, 0.717) is 6.42 Å². The van der Waals surface area contributed by atoms with Gasteiger partial charge in [0, 0.05) is 0 Å². The second-order valence-electron chi connectivity index (χ2n) is 6.14. The van der Waals surface area contributed by atoms with Crippen molar-refractivity contribution in [2.75, 3.05) is 0 Å². The third kappa shape index (κ3) is 4.07. The topological polar surface area (TPSA) is 41.5 Å². The minimum absolute atomic E-state index is 0.0627. The van der Waals surface area contributed by atoms with Crippen molar-refractivity contribution in [3.05, 3.63) is 70.3 Å². The molecular formula is C20H22N2O. The van der Waals surface area contributed by atoms with E-state index in [9.17, 15) is 4.79 Å². The van der Waals surface area contributed by atoms with Crippen LogP contribution in [0.15, 0.2) is 47.6 Å². The van der Waals surface area contributed by atoms with Gasteiger partial charge in [0.1, 0.15) is 0 Å². The van der Waals surface area contributed by atoms with Gasteiger partial charge in [-0.05, 0) is 54.9 Å². The fourth-order valence-corrected chi connectivity index (χ4v) is 3.07. The fourth-order valence-electron chi connectivity index (χ4n) is 3.07. The Morgan fingerprint density at radius 1 is 1.13 bits per heavy atom. The number of hydrogen-bond acceptors (Lipinski definition) is 2. The predicted octanol–water partition coefficient (Wildman–Crippen LogP) is 3.57. The average Bonchev–Trinajstić information content (AvgIpc) is 2.57. The van der Waals surface area contributed by atoms with Gasteiger partial charge in [-0.1, -0.05) is 48.0 Å². The summed E-state index contributed by atoms with van der Waals surface area (Å²) in [6.07, 6.45) is 6.77. The van der Waals surface area contributed by atoms with E-state index < -0.39 is 0 Å². The minimum Gasteiger partial charge on any atom is -0.273 e. The summed E-state index contributed by atoms with van der Waals surface area (Å²) in [5, 5.41) is 4.05. The predicted molar refractivity (Wildman–Crippen MR) is 93.7 cm³/mol. The summed E-state index contributed by atoms with van der Waals surface area (Å²) < 4.78 is 0. The van der Waals surface area contributed by atoms with Gasteiger partial charge in [-0.3, -0.25) is 4.79 Å². The summed E-state index contributed by atoms with van der Waals surface area (Å²) >= 11 is 0. The van der Waals surface area contributed by atoms with Gasteiger partial charge >= 0.3 is 0 Å². The molecule has 0 fully saturated rings. The molecule has 0 saturated heterocycles. The third-order valence-electron chi connectivity index (χ3n) is 4.32. The van der Waals surface area contributed by atoms with Crippen LogP contribution in [-0.2, 0) is 24.1 Å². The van der Waals surface area contributed by atoms with Gasteiger partial charge in [-0.25, -0.2) is 5.43 Å². The van der Waals surface area contributed by atoms with E-state index in [1.54, 1.807) is 6.21 Å². The van der Waals surface area contributed by atoms with Crippen LogP contribution in [0.2, 0.25) is 0 Å². The number of fused-ring (bicyclic) bond motifs is 1. The smallest absolute Gasteiger partial charge is 0.244 e. The number of benzene rings is 2. The summed E-state index contributed by atoms with van der Waals surface area (Å²) in [6, 6.07) is 14.3. The molecule has 0 bridgehead atoms. The number of hydrazone groups is 1. The molecule has 2 aromatic carbocycles. The second kappa shape index (κ2) is 7.23. The molecule has 1 aliphatic carbocycles. The normalized spacial score (nSPS) is 13.8. The van der Waals surface area contributed by atoms with Gasteiger partial charge < -0.3 is 0 Å². The lowest BCUT2D eigenvalue weighted by Gasteiger charge is -2.18. The molecule has 0 heterocycles. The van der Waals surface area contributed by atoms with E-state index in [0.717, 1.165) is 24.0 Å². The summed E-state index contributed by atoms with van der Waals surface area (Å²) in [4.78, 5) is 12.1. The molecule has 2 aromatic rings. The van der Waals surface area contributed by atoms with E-state index in [1.165, 1.54) is 29.5 Å².